The van der Waals surface area contributed by atoms with Gasteiger partial charge in [0.05, 0.1) is 24.8 Å². The second-order valence-corrected chi connectivity index (χ2v) is 7.84. The molecule has 0 saturated carbocycles. The topological polar surface area (TPSA) is 44.8 Å². The maximum Gasteiger partial charge on any atom is 0.254 e. The van der Waals surface area contributed by atoms with E-state index in [1.807, 2.05) is 64.6 Å². The van der Waals surface area contributed by atoms with E-state index in [9.17, 15) is 4.79 Å². The molecule has 1 aromatic heterocycles. The van der Waals surface area contributed by atoms with Gasteiger partial charge in [0, 0.05) is 29.4 Å². The van der Waals surface area contributed by atoms with Crippen LogP contribution in [0.15, 0.2) is 59.1 Å². The van der Waals surface area contributed by atoms with Crippen molar-refractivity contribution in [2.45, 2.75) is 13.0 Å². The Bertz CT molecular complexity index is 859. The zero-order valence-corrected chi connectivity index (χ0v) is 16.7. The number of amides is 1. The SMILES string of the molecule is CC1=C(C(=O)N2CCOCC2)[C@H](c2cccs2)NC(=S)N1c1ccccc1. The Morgan fingerprint density at radius 3 is 2.59 bits per heavy atom. The number of rotatable bonds is 3. The first kappa shape index (κ1) is 18.2. The van der Waals surface area contributed by atoms with Gasteiger partial charge in [0.15, 0.2) is 5.11 Å². The van der Waals surface area contributed by atoms with Crippen molar-refractivity contribution in [2.75, 3.05) is 31.2 Å². The minimum atomic E-state index is -0.229. The molecule has 1 aromatic carbocycles. The molecular weight excluding hydrogens is 378 g/mol. The third kappa shape index (κ3) is 3.50. The highest BCUT2D eigenvalue weighted by molar-refractivity contribution is 7.80. The predicted octanol–water partition coefficient (Wildman–Crippen LogP) is 3.32. The molecule has 0 bridgehead atoms. The van der Waals surface area contributed by atoms with Gasteiger partial charge in [-0.05, 0) is 42.7 Å². The maximum atomic E-state index is 13.5. The first-order valence-electron chi connectivity index (χ1n) is 8.93. The van der Waals surface area contributed by atoms with E-state index >= 15 is 0 Å². The van der Waals surface area contributed by atoms with Gasteiger partial charge in [0.1, 0.15) is 0 Å². The number of nitrogens with one attached hydrogen (secondary N) is 1. The third-order valence-corrected chi connectivity index (χ3v) is 6.09. The highest BCUT2D eigenvalue weighted by atomic mass is 32.1. The Balaban J connectivity index is 1.79. The molecule has 0 aliphatic carbocycles. The third-order valence-electron chi connectivity index (χ3n) is 4.86. The van der Waals surface area contributed by atoms with Gasteiger partial charge in [0.2, 0.25) is 0 Å². The summed E-state index contributed by atoms with van der Waals surface area (Å²) in [6.07, 6.45) is 0. The summed E-state index contributed by atoms with van der Waals surface area (Å²) >= 11 is 7.30. The quantitative estimate of drug-likeness (QED) is 0.803. The summed E-state index contributed by atoms with van der Waals surface area (Å²) in [6, 6.07) is 13.7. The summed E-state index contributed by atoms with van der Waals surface area (Å²) in [4.78, 5) is 18.4. The molecule has 2 aliphatic heterocycles. The van der Waals surface area contributed by atoms with Gasteiger partial charge in [-0.3, -0.25) is 9.69 Å². The van der Waals surface area contributed by atoms with E-state index in [4.69, 9.17) is 17.0 Å². The number of thiophene rings is 1. The number of benzene rings is 1. The van der Waals surface area contributed by atoms with E-state index in [0.29, 0.717) is 31.4 Å². The zero-order valence-electron chi connectivity index (χ0n) is 15.1. The number of carbonyl (C=O) groups is 1. The minimum absolute atomic E-state index is 0.0464. The molecule has 1 N–H and O–H groups in total. The van der Waals surface area contributed by atoms with Crippen LogP contribution < -0.4 is 10.2 Å². The first-order chi connectivity index (χ1) is 13.2. The van der Waals surface area contributed by atoms with E-state index in [-0.39, 0.29) is 11.9 Å². The number of hydrogen-bond donors (Lipinski definition) is 1. The summed E-state index contributed by atoms with van der Waals surface area (Å²) in [5.74, 6) is 0.0464. The van der Waals surface area contributed by atoms with Crippen LogP contribution in [0.2, 0.25) is 0 Å². The molecule has 1 saturated heterocycles. The lowest BCUT2D eigenvalue weighted by atomic mass is 9.98. The smallest absolute Gasteiger partial charge is 0.254 e. The number of para-hydroxylation sites is 1. The van der Waals surface area contributed by atoms with Crippen molar-refractivity contribution < 1.29 is 9.53 Å². The number of ether oxygens (including phenoxy) is 1. The van der Waals surface area contributed by atoms with E-state index in [2.05, 4.69) is 5.32 Å². The van der Waals surface area contributed by atoms with Gasteiger partial charge in [-0.1, -0.05) is 24.3 Å². The van der Waals surface area contributed by atoms with Gasteiger partial charge < -0.3 is 15.0 Å². The van der Waals surface area contributed by atoms with Crippen molar-refractivity contribution in [3.63, 3.8) is 0 Å². The lowest BCUT2D eigenvalue weighted by molar-refractivity contribution is -0.131. The Morgan fingerprint density at radius 1 is 1.19 bits per heavy atom. The van der Waals surface area contributed by atoms with Crippen molar-refractivity contribution >= 4 is 40.3 Å². The summed E-state index contributed by atoms with van der Waals surface area (Å²) in [7, 11) is 0. The fourth-order valence-electron chi connectivity index (χ4n) is 3.51. The summed E-state index contributed by atoms with van der Waals surface area (Å²) < 4.78 is 5.42. The van der Waals surface area contributed by atoms with Crippen LogP contribution in [0.5, 0.6) is 0 Å². The average Bonchev–Trinajstić information content (AvgIpc) is 3.23. The molecule has 0 unspecified atom stereocenters. The second kappa shape index (κ2) is 7.80. The van der Waals surface area contributed by atoms with Crippen LogP contribution in [-0.4, -0.2) is 42.2 Å². The molecule has 0 radical (unpaired) electrons. The predicted molar refractivity (Wildman–Crippen MR) is 112 cm³/mol. The number of morpholine rings is 1. The van der Waals surface area contributed by atoms with Crippen LogP contribution in [-0.2, 0) is 9.53 Å². The van der Waals surface area contributed by atoms with E-state index in [0.717, 1.165) is 21.8 Å². The van der Waals surface area contributed by atoms with Crippen LogP contribution in [0, 0.1) is 0 Å². The van der Waals surface area contributed by atoms with Gasteiger partial charge in [-0.25, -0.2) is 0 Å². The Labute approximate surface area is 168 Å². The van der Waals surface area contributed by atoms with E-state index in [1.165, 1.54) is 0 Å². The molecular formula is C20H21N3O2S2. The van der Waals surface area contributed by atoms with E-state index in [1.54, 1.807) is 11.3 Å². The molecule has 4 rings (SSSR count). The molecule has 140 valence electrons. The largest absolute Gasteiger partial charge is 0.378 e. The number of nitrogens with zero attached hydrogens (tertiary/aromatic N) is 2. The summed E-state index contributed by atoms with van der Waals surface area (Å²) in [6.45, 7) is 4.37. The van der Waals surface area contributed by atoms with Crippen LogP contribution >= 0.6 is 23.6 Å². The number of anilines is 1. The van der Waals surface area contributed by atoms with Crippen molar-refractivity contribution in [3.8, 4) is 0 Å². The van der Waals surface area contributed by atoms with Crippen LogP contribution in [0.25, 0.3) is 0 Å². The van der Waals surface area contributed by atoms with Crippen molar-refractivity contribution in [1.29, 1.82) is 0 Å². The maximum absolute atomic E-state index is 13.5. The molecule has 7 heteroatoms. The van der Waals surface area contributed by atoms with Gasteiger partial charge in [-0.15, -0.1) is 11.3 Å². The Hall–Kier alpha value is -2.22. The molecule has 1 amide bonds. The molecule has 1 atom stereocenters. The lowest BCUT2D eigenvalue weighted by Gasteiger charge is -2.39. The summed E-state index contributed by atoms with van der Waals surface area (Å²) in [5, 5.41) is 6.03. The monoisotopic (exact) mass is 399 g/mol. The van der Waals surface area contributed by atoms with Gasteiger partial charge >= 0.3 is 0 Å². The number of carbonyl (C=O) groups excluding carboxylic acids is 1. The van der Waals surface area contributed by atoms with Crippen LogP contribution in [0.3, 0.4) is 0 Å². The standard InChI is InChI=1S/C20H21N3O2S2/c1-14-17(19(24)22-9-11-25-12-10-22)18(16-8-5-13-27-16)21-20(26)23(14)15-6-3-2-4-7-15/h2-8,13,18H,9-12H2,1H3,(H,21,26)/t18-/m0/s1. The molecule has 1 fully saturated rings. The zero-order chi connectivity index (χ0) is 18.8. The Morgan fingerprint density at radius 2 is 1.93 bits per heavy atom. The highest BCUT2D eigenvalue weighted by Gasteiger charge is 2.37. The van der Waals surface area contributed by atoms with Gasteiger partial charge in [-0.2, -0.15) is 0 Å². The fraction of sp³-hybridized carbons (Fsp3) is 0.300. The van der Waals surface area contributed by atoms with Gasteiger partial charge in [0.25, 0.3) is 5.91 Å². The second-order valence-electron chi connectivity index (χ2n) is 6.47. The van der Waals surface area contributed by atoms with Crippen molar-refractivity contribution in [3.05, 3.63) is 64.0 Å². The molecule has 27 heavy (non-hydrogen) atoms. The first-order valence-corrected chi connectivity index (χ1v) is 10.2. The van der Waals surface area contributed by atoms with Crippen LogP contribution in [0.1, 0.15) is 17.8 Å². The van der Waals surface area contributed by atoms with E-state index < -0.39 is 0 Å². The fourth-order valence-corrected chi connectivity index (χ4v) is 4.66. The van der Waals surface area contributed by atoms with Crippen molar-refractivity contribution in [1.82, 2.24) is 10.2 Å². The number of thiocarbonyl (C=S) groups is 1. The Kier molecular flexibility index (Phi) is 5.24. The lowest BCUT2D eigenvalue weighted by Crippen LogP contribution is -2.51. The normalized spacial score (nSPS) is 20.6. The molecule has 5 nitrogen and oxygen atoms in total. The van der Waals surface area contributed by atoms with Crippen molar-refractivity contribution in [2.24, 2.45) is 0 Å². The number of allylic oxidation sites excluding steroid dienone is 1. The highest BCUT2D eigenvalue weighted by Crippen LogP contribution is 2.36. The average molecular weight is 400 g/mol. The number of hydrogen-bond acceptors (Lipinski definition) is 4. The summed E-state index contributed by atoms with van der Waals surface area (Å²) in [5.41, 5.74) is 2.57. The molecule has 3 heterocycles. The minimum Gasteiger partial charge on any atom is -0.378 e. The van der Waals surface area contributed by atoms with Crippen LogP contribution in [0.4, 0.5) is 5.69 Å². The molecule has 0 spiro atoms. The molecule has 2 aliphatic rings. The molecule has 2 aromatic rings.